The van der Waals surface area contributed by atoms with E-state index in [0.29, 0.717) is 17.9 Å². The van der Waals surface area contributed by atoms with Crippen molar-refractivity contribution in [1.82, 2.24) is 9.97 Å². The van der Waals surface area contributed by atoms with Crippen LogP contribution in [0.5, 0.6) is 0 Å². The molecule has 0 saturated heterocycles. The van der Waals surface area contributed by atoms with Crippen molar-refractivity contribution in [3.05, 3.63) is 41.1 Å². The van der Waals surface area contributed by atoms with Gasteiger partial charge in [0, 0.05) is 29.0 Å². The highest BCUT2D eigenvalue weighted by Gasteiger charge is 2.51. The Kier molecular flexibility index (Phi) is 4.27. The van der Waals surface area contributed by atoms with Crippen molar-refractivity contribution in [3.8, 4) is 11.5 Å². The third kappa shape index (κ3) is 3.35. The van der Waals surface area contributed by atoms with Gasteiger partial charge in [-0.05, 0) is 102 Å². The molecular formula is C24H24BrN3O2. The molecule has 4 saturated carbocycles. The molecule has 1 N–H and O–H groups in total. The molecule has 0 unspecified atom stereocenters. The normalized spacial score (nSPS) is 29.4. The summed E-state index contributed by atoms with van der Waals surface area (Å²) in [5.41, 5.74) is 3.27. The maximum Gasteiger partial charge on any atom is 0.228 e. The minimum atomic E-state index is 0.135. The van der Waals surface area contributed by atoms with Crippen molar-refractivity contribution in [2.24, 2.45) is 23.2 Å². The third-order valence-electron chi connectivity index (χ3n) is 7.32. The number of fused-ring (bicyclic) bond motifs is 1. The summed E-state index contributed by atoms with van der Waals surface area (Å²) in [4.78, 5) is 21.7. The van der Waals surface area contributed by atoms with Crippen LogP contribution in [0.1, 0.15) is 44.9 Å². The van der Waals surface area contributed by atoms with Crippen LogP contribution in [0.15, 0.2) is 45.5 Å². The zero-order chi connectivity index (χ0) is 20.3. The Balaban J connectivity index is 1.19. The first-order chi connectivity index (χ1) is 14.5. The van der Waals surface area contributed by atoms with Crippen LogP contribution < -0.4 is 5.32 Å². The van der Waals surface area contributed by atoms with E-state index in [1.807, 2.05) is 24.3 Å². The number of carbonyl (C=O) groups excluding carboxylic acids is 1. The average molecular weight is 466 g/mol. The minimum Gasteiger partial charge on any atom is -0.436 e. The lowest BCUT2D eigenvalue weighted by Crippen LogP contribution is -2.47. The molecule has 2 aromatic heterocycles. The first-order valence-electron chi connectivity index (χ1n) is 10.8. The maximum atomic E-state index is 12.9. The van der Waals surface area contributed by atoms with E-state index in [1.165, 1.54) is 38.5 Å². The molecule has 4 fully saturated rings. The first-order valence-corrected chi connectivity index (χ1v) is 11.6. The topological polar surface area (TPSA) is 68.0 Å². The third-order valence-corrected chi connectivity index (χ3v) is 7.76. The Morgan fingerprint density at radius 1 is 1.10 bits per heavy atom. The second kappa shape index (κ2) is 6.91. The predicted octanol–water partition coefficient (Wildman–Crippen LogP) is 6.20. The maximum absolute atomic E-state index is 12.9. The number of pyridine rings is 1. The number of benzene rings is 1. The summed E-state index contributed by atoms with van der Waals surface area (Å²) in [6.45, 7) is 0. The number of nitrogens with one attached hydrogen (secondary N) is 1. The molecule has 0 aliphatic heterocycles. The molecule has 4 bridgehead atoms. The number of amides is 1. The van der Waals surface area contributed by atoms with Crippen LogP contribution in [0.2, 0.25) is 0 Å². The lowest BCUT2D eigenvalue weighted by Gasteiger charge is -2.56. The molecule has 1 amide bonds. The van der Waals surface area contributed by atoms with Gasteiger partial charge in [0.2, 0.25) is 11.8 Å². The number of anilines is 1. The molecule has 0 radical (unpaired) electrons. The van der Waals surface area contributed by atoms with Crippen molar-refractivity contribution in [3.63, 3.8) is 0 Å². The smallest absolute Gasteiger partial charge is 0.228 e. The fourth-order valence-electron chi connectivity index (χ4n) is 6.71. The number of rotatable bonds is 4. The van der Waals surface area contributed by atoms with E-state index < -0.39 is 0 Å². The number of halogens is 1. The van der Waals surface area contributed by atoms with Gasteiger partial charge in [0.15, 0.2) is 5.58 Å². The fraction of sp³-hybridized carbons (Fsp3) is 0.458. The lowest BCUT2D eigenvalue weighted by molar-refractivity contribution is -0.124. The lowest BCUT2D eigenvalue weighted by atomic mass is 9.49. The Labute approximate surface area is 183 Å². The van der Waals surface area contributed by atoms with E-state index in [1.54, 1.807) is 12.4 Å². The zero-order valence-corrected chi connectivity index (χ0v) is 18.3. The summed E-state index contributed by atoms with van der Waals surface area (Å²) in [5.74, 6) is 3.25. The molecule has 5 nitrogen and oxygen atoms in total. The monoisotopic (exact) mass is 465 g/mol. The van der Waals surface area contributed by atoms with Crippen molar-refractivity contribution in [2.75, 3.05) is 5.32 Å². The standard InChI is InChI=1S/C24H24BrN3O2/c25-18-6-17(12-26-13-18)23-28-20-7-19(1-2-21(20)30-23)27-22(29)11-24-8-14-3-15(9-24)5-16(4-14)10-24/h1-2,6-7,12-16H,3-5,8-11H2,(H,27,29). The number of aromatic nitrogens is 2. The summed E-state index contributed by atoms with van der Waals surface area (Å²) in [6, 6.07) is 7.59. The Morgan fingerprint density at radius 3 is 2.53 bits per heavy atom. The highest BCUT2D eigenvalue weighted by Crippen LogP contribution is 2.61. The average Bonchev–Trinajstić information content (AvgIpc) is 3.10. The van der Waals surface area contributed by atoms with Crippen LogP contribution in [-0.4, -0.2) is 15.9 Å². The van der Waals surface area contributed by atoms with Gasteiger partial charge in [-0.25, -0.2) is 4.98 Å². The van der Waals surface area contributed by atoms with E-state index in [-0.39, 0.29) is 11.3 Å². The van der Waals surface area contributed by atoms with Gasteiger partial charge in [-0.2, -0.15) is 0 Å². The van der Waals surface area contributed by atoms with Crippen LogP contribution in [0.3, 0.4) is 0 Å². The van der Waals surface area contributed by atoms with E-state index >= 15 is 0 Å². The van der Waals surface area contributed by atoms with E-state index in [0.717, 1.165) is 39.0 Å². The molecule has 3 aromatic rings. The largest absolute Gasteiger partial charge is 0.436 e. The van der Waals surface area contributed by atoms with E-state index in [4.69, 9.17) is 4.42 Å². The summed E-state index contributed by atoms with van der Waals surface area (Å²) in [7, 11) is 0. The predicted molar refractivity (Wildman–Crippen MR) is 119 cm³/mol. The van der Waals surface area contributed by atoms with Gasteiger partial charge in [-0.3, -0.25) is 9.78 Å². The summed E-state index contributed by atoms with van der Waals surface area (Å²) >= 11 is 3.43. The molecule has 0 spiro atoms. The Hall–Kier alpha value is -2.21. The van der Waals surface area contributed by atoms with Gasteiger partial charge >= 0.3 is 0 Å². The van der Waals surface area contributed by atoms with Gasteiger partial charge in [-0.1, -0.05) is 0 Å². The van der Waals surface area contributed by atoms with E-state index in [2.05, 4.69) is 31.2 Å². The Morgan fingerprint density at radius 2 is 1.83 bits per heavy atom. The number of oxazole rings is 1. The second-order valence-corrected chi connectivity index (χ2v) is 10.7. The van der Waals surface area contributed by atoms with Gasteiger partial charge in [-0.15, -0.1) is 0 Å². The van der Waals surface area contributed by atoms with E-state index in [9.17, 15) is 4.79 Å². The highest BCUT2D eigenvalue weighted by atomic mass is 79.9. The fourth-order valence-corrected chi connectivity index (χ4v) is 7.07. The molecule has 1 aromatic carbocycles. The molecule has 0 atom stereocenters. The summed E-state index contributed by atoms with van der Waals surface area (Å²) in [5, 5.41) is 3.13. The molecule has 6 heteroatoms. The molecular weight excluding hydrogens is 442 g/mol. The van der Waals surface area contributed by atoms with Gasteiger partial charge in [0.25, 0.3) is 0 Å². The summed E-state index contributed by atoms with van der Waals surface area (Å²) < 4.78 is 6.75. The van der Waals surface area contributed by atoms with Crippen LogP contribution in [-0.2, 0) is 4.79 Å². The van der Waals surface area contributed by atoms with Crippen LogP contribution in [0.25, 0.3) is 22.6 Å². The van der Waals surface area contributed by atoms with Crippen molar-refractivity contribution >= 4 is 38.6 Å². The molecule has 154 valence electrons. The molecule has 30 heavy (non-hydrogen) atoms. The van der Waals surface area contributed by atoms with Crippen molar-refractivity contribution in [2.45, 2.75) is 44.9 Å². The molecule has 4 aliphatic carbocycles. The number of nitrogens with zero attached hydrogens (tertiary/aromatic N) is 2. The number of hydrogen-bond donors (Lipinski definition) is 1. The molecule has 4 aliphatic rings. The van der Waals surface area contributed by atoms with Gasteiger partial charge in [0.05, 0.1) is 5.56 Å². The van der Waals surface area contributed by atoms with Crippen LogP contribution >= 0.6 is 15.9 Å². The van der Waals surface area contributed by atoms with Crippen molar-refractivity contribution < 1.29 is 9.21 Å². The number of hydrogen-bond acceptors (Lipinski definition) is 4. The first kappa shape index (κ1) is 18.6. The van der Waals surface area contributed by atoms with Crippen LogP contribution in [0.4, 0.5) is 5.69 Å². The van der Waals surface area contributed by atoms with Crippen LogP contribution in [0, 0.1) is 23.2 Å². The quantitative estimate of drug-likeness (QED) is 0.497. The molecule has 2 heterocycles. The highest BCUT2D eigenvalue weighted by molar-refractivity contribution is 9.10. The molecule has 7 rings (SSSR count). The van der Waals surface area contributed by atoms with Gasteiger partial charge < -0.3 is 9.73 Å². The Bertz CT molecular complexity index is 1100. The van der Waals surface area contributed by atoms with Crippen molar-refractivity contribution in [1.29, 1.82) is 0 Å². The minimum absolute atomic E-state index is 0.135. The number of carbonyl (C=O) groups is 1. The van der Waals surface area contributed by atoms with Gasteiger partial charge in [0.1, 0.15) is 5.52 Å². The second-order valence-electron chi connectivity index (χ2n) is 9.74. The summed E-state index contributed by atoms with van der Waals surface area (Å²) in [6.07, 6.45) is 12.1. The SMILES string of the molecule is O=C(CC12CC3CC(CC(C3)C1)C2)Nc1ccc2oc(-c3cncc(Br)c3)nc2c1. The zero-order valence-electron chi connectivity index (χ0n) is 16.7.